The van der Waals surface area contributed by atoms with Gasteiger partial charge in [0.05, 0.1) is 11.6 Å². The molecule has 1 N–H and O–H groups in total. The van der Waals surface area contributed by atoms with E-state index in [9.17, 15) is 14.7 Å². The van der Waals surface area contributed by atoms with Crippen LogP contribution in [0, 0.1) is 12.3 Å². The fourth-order valence-electron chi connectivity index (χ4n) is 2.67. The first-order valence-electron chi connectivity index (χ1n) is 7.35. The minimum Gasteiger partial charge on any atom is -0.481 e. The molecule has 0 aromatic carbocycles. The number of hydrogen-bond acceptors (Lipinski definition) is 5. The number of rotatable bonds is 4. The zero-order chi connectivity index (χ0) is 16.6. The lowest BCUT2D eigenvalue weighted by atomic mass is 9.90. The van der Waals surface area contributed by atoms with Gasteiger partial charge in [0.15, 0.2) is 11.5 Å². The van der Waals surface area contributed by atoms with Crippen LogP contribution in [0.15, 0.2) is 23.0 Å². The Bertz CT molecular complexity index is 750. The van der Waals surface area contributed by atoms with E-state index in [2.05, 4.69) is 10.3 Å². The largest absolute Gasteiger partial charge is 0.481 e. The first kappa shape index (κ1) is 15.3. The van der Waals surface area contributed by atoms with Crippen molar-refractivity contribution in [3.63, 3.8) is 0 Å². The van der Waals surface area contributed by atoms with Crippen molar-refractivity contribution >= 4 is 11.9 Å². The van der Waals surface area contributed by atoms with Crippen molar-refractivity contribution in [3.8, 4) is 0 Å². The third-order valence-corrected chi connectivity index (χ3v) is 4.14. The van der Waals surface area contributed by atoms with Gasteiger partial charge in [-0.15, -0.1) is 0 Å². The number of aromatic nitrogens is 3. The lowest BCUT2D eigenvalue weighted by Crippen LogP contribution is -2.35. The topological polar surface area (TPSA) is 101 Å². The summed E-state index contributed by atoms with van der Waals surface area (Å²) >= 11 is 0. The minimum absolute atomic E-state index is 0.182. The van der Waals surface area contributed by atoms with E-state index < -0.39 is 11.4 Å². The molecule has 122 valence electrons. The Hall–Kier alpha value is -2.64. The SMILES string of the molecule is Cc1cnn(Cc2cc(C(=O)N3CCC(C)(C(=O)O)C3)no2)c1. The molecule has 1 aliphatic rings. The van der Waals surface area contributed by atoms with E-state index in [4.69, 9.17) is 4.52 Å². The highest BCUT2D eigenvalue weighted by Crippen LogP contribution is 2.30. The first-order valence-corrected chi connectivity index (χ1v) is 7.35. The van der Waals surface area contributed by atoms with Crippen LogP contribution in [0.4, 0.5) is 0 Å². The third kappa shape index (κ3) is 2.96. The van der Waals surface area contributed by atoms with Gasteiger partial charge in [0.2, 0.25) is 0 Å². The highest BCUT2D eigenvalue weighted by atomic mass is 16.5. The van der Waals surface area contributed by atoms with E-state index in [1.807, 2.05) is 13.1 Å². The molecule has 0 bridgehead atoms. The van der Waals surface area contributed by atoms with Gasteiger partial charge in [0.25, 0.3) is 5.91 Å². The molecule has 1 aliphatic heterocycles. The Labute approximate surface area is 132 Å². The van der Waals surface area contributed by atoms with E-state index >= 15 is 0 Å². The third-order valence-electron chi connectivity index (χ3n) is 4.14. The van der Waals surface area contributed by atoms with Gasteiger partial charge in [-0.2, -0.15) is 5.10 Å². The van der Waals surface area contributed by atoms with Gasteiger partial charge in [-0.25, -0.2) is 0 Å². The van der Waals surface area contributed by atoms with Crippen molar-refractivity contribution in [2.75, 3.05) is 13.1 Å². The van der Waals surface area contributed by atoms with Gasteiger partial charge < -0.3 is 14.5 Å². The molecule has 8 heteroatoms. The van der Waals surface area contributed by atoms with Gasteiger partial charge in [-0.3, -0.25) is 14.3 Å². The quantitative estimate of drug-likeness (QED) is 0.908. The summed E-state index contributed by atoms with van der Waals surface area (Å²) in [6.07, 6.45) is 4.04. The summed E-state index contributed by atoms with van der Waals surface area (Å²) in [6.45, 7) is 4.56. The van der Waals surface area contributed by atoms with Crippen molar-refractivity contribution in [2.24, 2.45) is 5.41 Å². The molecule has 23 heavy (non-hydrogen) atoms. The number of amides is 1. The maximum Gasteiger partial charge on any atom is 0.311 e. The van der Waals surface area contributed by atoms with Gasteiger partial charge in [-0.05, 0) is 25.8 Å². The summed E-state index contributed by atoms with van der Waals surface area (Å²) in [7, 11) is 0. The predicted octanol–water partition coefficient (Wildman–Crippen LogP) is 1.16. The summed E-state index contributed by atoms with van der Waals surface area (Å²) in [5.41, 5.74) is 0.332. The standard InChI is InChI=1S/C15H18N4O4/c1-10-6-16-19(7-10)8-11-5-12(17-23-11)13(20)18-4-3-15(2,9-18)14(21)22/h5-7H,3-4,8-9H2,1-2H3,(H,21,22). The lowest BCUT2D eigenvalue weighted by molar-refractivity contribution is -0.147. The average Bonchev–Trinajstić information content (AvgIpc) is 3.20. The van der Waals surface area contributed by atoms with Crippen LogP contribution < -0.4 is 0 Å². The van der Waals surface area contributed by atoms with E-state index in [1.165, 1.54) is 4.90 Å². The number of carbonyl (C=O) groups excluding carboxylic acids is 1. The summed E-state index contributed by atoms with van der Waals surface area (Å²) in [4.78, 5) is 25.2. The molecular formula is C15H18N4O4. The Kier molecular flexibility index (Phi) is 3.67. The predicted molar refractivity (Wildman–Crippen MR) is 78.8 cm³/mol. The smallest absolute Gasteiger partial charge is 0.311 e. The zero-order valence-electron chi connectivity index (χ0n) is 13.0. The molecule has 0 saturated carbocycles. The molecule has 0 spiro atoms. The van der Waals surface area contributed by atoms with Crippen molar-refractivity contribution in [1.82, 2.24) is 19.8 Å². The number of nitrogens with zero attached hydrogens (tertiary/aromatic N) is 4. The summed E-state index contributed by atoms with van der Waals surface area (Å²) in [5.74, 6) is -0.666. The van der Waals surface area contributed by atoms with Crippen molar-refractivity contribution in [3.05, 3.63) is 35.5 Å². The average molecular weight is 318 g/mol. The number of likely N-dealkylation sites (tertiary alicyclic amines) is 1. The van der Waals surface area contributed by atoms with E-state index in [0.29, 0.717) is 25.3 Å². The molecule has 8 nitrogen and oxygen atoms in total. The van der Waals surface area contributed by atoms with Gasteiger partial charge in [0, 0.05) is 25.4 Å². The van der Waals surface area contributed by atoms with Crippen LogP contribution in [0.3, 0.4) is 0 Å². The van der Waals surface area contributed by atoms with E-state index in [0.717, 1.165) is 5.56 Å². The summed E-state index contributed by atoms with van der Waals surface area (Å²) in [5, 5.41) is 17.2. The fraction of sp³-hybridized carbons (Fsp3) is 0.467. The summed E-state index contributed by atoms with van der Waals surface area (Å²) < 4.78 is 6.88. The number of carboxylic acids is 1. The van der Waals surface area contributed by atoms with Crippen LogP contribution in [0.25, 0.3) is 0 Å². The monoisotopic (exact) mass is 318 g/mol. The Morgan fingerprint density at radius 2 is 2.26 bits per heavy atom. The van der Waals surface area contributed by atoms with Gasteiger partial charge >= 0.3 is 5.97 Å². The molecule has 2 aromatic heterocycles. The number of aryl methyl sites for hydroxylation is 1. The molecule has 1 atom stereocenters. The normalized spacial score (nSPS) is 20.9. The van der Waals surface area contributed by atoms with Crippen molar-refractivity contribution in [1.29, 1.82) is 0 Å². The molecule has 1 unspecified atom stereocenters. The zero-order valence-corrected chi connectivity index (χ0v) is 13.0. The molecule has 3 heterocycles. The number of carboxylic acid groups (broad SMARTS) is 1. The molecule has 1 amide bonds. The van der Waals surface area contributed by atoms with Crippen molar-refractivity contribution < 1.29 is 19.2 Å². The maximum atomic E-state index is 12.4. The molecular weight excluding hydrogens is 300 g/mol. The first-order chi connectivity index (χ1) is 10.9. The van der Waals surface area contributed by atoms with Gasteiger partial charge in [0.1, 0.15) is 6.54 Å². The Morgan fingerprint density at radius 1 is 1.48 bits per heavy atom. The van der Waals surface area contributed by atoms with Crippen LogP contribution in [-0.4, -0.2) is 49.9 Å². The fourth-order valence-corrected chi connectivity index (χ4v) is 2.67. The number of carbonyl (C=O) groups is 2. The number of hydrogen-bond donors (Lipinski definition) is 1. The highest BCUT2D eigenvalue weighted by Gasteiger charge is 2.42. The van der Waals surface area contributed by atoms with Crippen LogP contribution in [0.5, 0.6) is 0 Å². The van der Waals surface area contributed by atoms with Crippen LogP contribution >= 0.6 is 0 Å². The maximum absolute atomic E-state index is 12.4. The summed E-state index contributed by atoms with van der Waals surface area (Å²) in [6, 6.07) is 1.58. The lowest BCUT2D eigenvalue weighted by Gasteiger charge is -2.19. The molecule has 2 aromatic rings. The Morgan fingerprint density at radius 3 is 2.87 bits per heavy atom. The second-order valence-electron chi connectivity index (χ2n) is 6.24. The molecule has 1 fully saturated rings. The molecule has 3 rings (SSSR count). The van der Waals surface area contributed by atoms with Gasteiger partial charge in [-0.1, -0.05) is 5.16 Å². The second kappa shape index (κ2) is 5.53. The molecule has 1 saturated heterocycles. The molecule has 0 radical (unpaired) electrons. The second-order valence-corrected chi connectivity index (χ2v) is 6.24. The van der Waals surface area contributed by atoms with E-state index in [1.54, 1.807) is 23.9 Å². The number of aliphatic carboxylic acids is 1. The van der Waals surface area contributed by atoms with Crippen LogP contribution in [0.1, 0.15) is 35.2 Å². The Balaban J connectivity index is 1.68. The van der Waals surface area contributed by atoms with E-state index in [-0.39, 0.29) is 18.1 Å². The van der Waals surface area contributed by atoms with Crippen LogP contribution in [0.2, 0.25) is 0 Å². The minimum atomic E-state index is -0.894. The molecule has 0 aliphatic carbocycles. The van der Waals surface area contributed by atoms with Crippen LogP contribution in [-0.2, 0) is 11.3 Å². The van der Waals surface area contributed by atoms with Crippen molar-refractivity contribution in [2.45, 2.75) is 26.8 Å². The highest BCUT2D eigenvalue weighted by molar-refractivity contribution is 5.93.